The summed E-state index contributed by atoms with van der Waals surface area (Å²) in [7, 11) is 0. The number of benzene rings is 2. The lowest BCUT2D eigenvalue weighted by molar-refractivity contribution is 0.0613. The van der Waals surface area contributed by atoms with Crippen LogP contribution in [-0.2, 0) is 17.6 Å². The van der Waals surface area contributed by atoms with Crippen molar-refractivity contribution >= 4 is 12.0 Å². The maximum atomic E-state index is 13.3. The Kier molecular flexibility index (Phi) is 11.9. The Labute approximate surface area is 220 Å². The van der Waals surface area contributed by atoms with Gasteiger partial charge in [0.05, 0.1) is 25.4 Å². The molecule has 1 aliphatic rings. The van der Waals surface area contributed by atoms with Crippen LogP contribution in [0.3, 0.4) is 0 Å². The number of unbranched alkanes of at least 4 members (excludes halogenated alkanes) is 1. The first-order chi connectivity index (χ1) is 18.0. The Balaban J connectivity index is 1.63. The average molecular weight is 512 g/mol. The predicted molar refractivity (Wildman–Crippen MR) is 144 cm³/mol. The van der Waals surface area contributed by atoms with Gasteiger partial charge in [-0.05, 0) is 42.9 Å². The zero-order chi connectivity index (χ0) is 26.5. The molecule has 0 saturated carbocycles. The fraction of sp³-hybridized carbons (Fsp3) is 0.517. The molecule has 0 radical (unpaired) electrons. The first-order valence-electron chi connectivity index (χ1n) is 13.4. The number of carbonyl (C=O) groups is 2. The van der Waals surface area contributed by atoms with Gasteiger partial charge in [0.15, 0.2) is 0 Å². The van der Waals surface area contributed by atoms with Gasteiger partial charge in [0, 0.05) is 38.3 Å². The van der Waals surface area contributed by atoms with E-state index in [9.17, 15) is 14.7 Å². The molecule has 1 heterocycles. The van der Waals surface area contributed by atoms with Crippen molar-refractivity contribution < 1.29 is 24.5 Å². The van der Waals surface area contributed by atoms with Gasteiger partial charge in [-0.3, -0.25) is 9.69 Å². The van der Waals surface area contributed by atoms with E-state index in [1.807, 2.05) is 66.4 Å². The van der Waals surface area contributed by atoms with Gasteiger partial charge in [-0.25, -0.2) is 4.79 Å². The van der Waals surface area contributed by atoms with Gasteiger partial charge < -0.3 is 25.2 Å². The molecule has 0 aromatic heterocycles. The van der Waals surface area contributed by atoms with Crippen molar-refractivity contribution in [3.8, 4) is 0 Å². The highest BCUT2D eigenvalue weighted by Gasteiger charge is 2.26. The van der Waals surface area contributed by atoms with Crippen molar-refractivity contribution in [1.82, 2.24) is 15.1 Å². The maximum Gasteiger partial charge on any atom is 0.407 e. The van der Waals surface area contributed by atoms with Gasteiger partial charge in [0.25, 0.3) is 5.91 Å². The van der Waals surface area contributed by atoms with Crippen LogP contribution in [0, 0.1) is 0 Å². The van der Waals surface area contributed by atoms with E-state index in [1.165, 1.54) is 0 Å². The average Bonchev–Trinajstić information content (AvgIpc) is 2.92. The SMILES string of the molecule is CCCCOC(=O)NC(Cc1ccccc1)C(O)CCc1ccccc1C(=O)N1CCN(CCO)CC1. The van der Waals surface area contributed by atoms with Gasteiger partial charge in [-0.2, -0.15) is 0 Å². The number of hydrogen-bond donors (Lipinski definition) is 3. The number of rotatable bonds is 13. The fourth-order valence-corrected chi connectivity index (χ4v) is 4.59. The van der Waals surface area contributed by atoms with E-state index in [1.54, 1.807) is 0 Å². The lowest BCUT2D eigenvalue weighted by atomic mass is 9.94. The number of aliphatic hydroxyl groups is 2. The molecule has 1 saturated heterocycles. The largest absolute Gasteiger partial charge is 0.450 e. The third-order valence-electron chi connectivity index (χ3n) is 6.83. The molecule has 2 unspecified atom stereocenters. The second kappa shape index (κ2) is 15.3. The van der Waals surface area contributed by atoms with Gasteiger partial charge >= 0.3 is 6.09 Å². The van der Waals surface area contributed by atoms with E-state index < -0.39 is 18.2 Å². The lowest BCUT2D eigenvalue weighted by Crippen LogP contribution is -2.49. The van der Waals surface area contributed by atoms with Crippen molar-refractivity contribution in [2.45, 2.75) is 51.2 Å². The Bertz CT molecular complexity index is 963. The van der Waals surface area contributed by atoms with Crippen LogP contribution in [-0.4, -0.2) is 90.1 Å². The molecule has 202 valence electrons. The highest BCUT2D eigenvalue weighted by Crippen LogP contribution is 2.18. The lowest BCUT2D eigenvalue weighted by Gasteiger charge is -2.34. The van der Waals surface area contributed by atoms with Crippen molar-refractivity contribution in [3.05, 3.63) is 71.3 Å². The molecule has 0 aliphatic carbocycles. The van der Waals surface area contributed by atoms with Crippen LogP contribution < -0.4 is 5.32 Å². The molecule has 8 nitrogen and oxygen atoms in total. The third-order valence-corrected chi connectivity index (χ3v) is 6.83. The van der Waals surface area contributed by atoms with E-state index in [4.69, 9.17) is 9.84 Å². The minimum atomic E-state index is -0.816. The number of ether oxygens (including phenoxy) is 1. The van der Waals surface area contributed by atoms with E-state index in [2.05, 4.69) is 10.2 Å². The van der Waals surface area contributed by atoms with Crippen LogP contribution in [0.1, 0.15) is 47.7 Å². The van der Waals surface area contributed by atoms with Gasteiger partial charge in [0.2, 0.25) is 0 Å². The summed E-state index contributed by atoms with van der Waals surface area (Å²) in [6.07, 6.45) is 1.75. The topological polar surface area (TPSA) is 102 Å². The van der Waals surface area contributed by atoms with Crippen molar-refractivity contribution in [1.29, 1.82) is 0 Å². The summed E-state index contributed by atoms with van der Waals surface area (Å²) in [6.45, 7) is 5.86. The first-order valence-corrected chi connectivity index (χ1v) is 13.4. The number of carbonyl (C=O) groups excluding carboxylic acids is 2. The Morgan fingerprint density at radius 2 is 1.73 bits per heavy atom. The third kappa shape index (κ3) is 9.14. The number of aliphatic hydroxyl groups excluding tert-OH is 2. The molecule has 8 heteroatoms. The van der Waals surface area contributed by atoms with Gasteiger partial charge in [0.1, 0.15) is 0 Å². The van der Waals surface area contributed by atoms with Crippen molar-refractivity contribution in [3.63, 3.8) is 0 Å². The predicted octanol–water partition coefficient (Wildman–Crippen LogP) is 2.87. The number of nitrogens with one attached hydrogen (secondary N) is 1. The second-order valence-electron chi connectivity index (χ2n) is 9.55. The monoisotopic (exact) mass is 511 g/mol. The molecular weight excluding hydrogens is 470 g/mol. The zero-order valence-electron chi connectivity index (χ0n) is 21.8. The van der Waals surface area contributed by atoms with E-state index in [-0.39, 0.29) is 12.5 Å². The van der Waals surface area contributed by atoms with Crippen molar-refractivity contribution in [2.75, 3.05) is 45.9 Å². The summed E-state index contributed by atoms with van der Waals surface area (Å²) in [5.74, 6) is -0.00722. The summed E-state index contributed by atoms with van der Waals surface area (Å²) < 4.78 is 5.28. The summed E-state index contributed by atoms with van der Waals surface area (Å²) >= 11 is 0. The summed E-state index contributed by atoms with van der Waals surface area (Å²) in [4.78, 5) is 29.7. The molecular formula is C29H41N3O5. The van der Waals surface area contributed by atoms with Crippen LogP contribution in [0.4, 0.5) is 4.79 Å². The van der Waals surface area contributed by atoms with Gasteiger partial charge in [-0.15, -0.1) is 0 Å². The summed E-state index contributed by atoms with van der Waals surface area (Å²) in [6, 6.07) is 16.8. The van der Waals surface area contributed by atoms with Gasteiger partial charge in [-0.1, -0.05) is 61.9 Å². The number of aryl methyl sites for hydroxylation is 1. The number of β-amino-alcohol motifs (C(OH)–C–C–N with tert-alkyl or cyclic N) is 1. The number of nitrogens with zero attached hydrogens (tertiary/aromatic N) is 2. The molecule has 2 amide bonds. The molecule has 2 aromatic carbocycles. The van der Waals surface area contributed by atoms with Crippen LogP contribution in [0.2, 0.25) is 0 Å². The quantitative estimate of drug-likeness (QED) is 0.358. The zero-order valence-corrected chi connectivity index (χ0v) is 21.8. The molecule has 37 heavy (non-hydrogen) atoms. The number of piperazine rings is 1. The highest BCUT2D eigenvalue weighted by atomic mass is 16.5. The van der Waals surface area contributed by atoms with Crippen LogP contribution in [0.25, 0.3) is 0 Å². The summed E-state index contributed by atoms with van der Waals surface area (Å²) in [5, 5.41) is 23.1. The maximum absolute atomic E-state index is 13.3. The fourth-order valence-electron chi connectivity index (χ4n) is 4.59. The molecule has 2 aromatic rings. The minimum absolute atomic E-state index is 0.00722. The number of hydrogen-bond acceptors (Lipinski definition) is 6. The van der Waals surface area contributed by atoms with Crippen molar-refractivity contribution in [2.24, 2.45) is 0 Å². The number of amides is 2. The Hall–Kier alpha value is -2.94. The molecule has 0 bridgehead atoms. The van der Waals surface area contributed by atoms with Crippen LogP contribution >= 0.6 is 0 Å². The Morgan fingerprint density at radius 3 is 2.43 bits per heavy atom. The molecule has 0 spiro atoms. The first kappa shape index (κ1) is 28.6. The molecule has 3 N–H and O–H groups in total. The van der Waals surface area contributed by atoms with E-state index in [0.717, 1.165) is 37.1 Å². The van der Waals surface area contributed by atoms with Crippen LogP contribution in [0.15, 0.2) is 54.6 Å². The smallest absolute Gasteiger partial charge is 0.407 e. The Morgan fingerprint density at radius 1 is 1.03 bits per heavy atom. The molecule has 3 rings (SSSR count). The van der Waals surface area contributed by atoms with E-state index in [0.29, 0.717) is 51.1 Å². The van der Waals surface area contributed by atoms with Crippen LogP contribution in [0.5, 0.6) is 0 Å². The molecule has 1 aliphatic heterocycles. The molecule has 2 atom stereocenters. The van der Waals surface area contributed by atoms with E-state index >= 15 is 0 Å². The minimum Gasteiger partial charge on any atom is -0.450 e. The second-order valence-corrected chi connectivity index (χ2v) is 9.55. The normalized spacial score (nSPS) is 15.7. The highest BCUT2D eigenvalue weighted by molar-refractivity contribution is 5.95. The number of alkyl carbamates (subject to hydrolysis) is 1. The summed E-state index contributed by atoms with van der Waals surface area (Å²) in [5.41, 5.74) is 2.54. The standard InChI is InChI=1S/C29H41N3O5/c1-2-3-21-37-29(36)30-26(22-23-9-5-4-6-10-23)27(34)14-13-24-11-7-8-12-25(24)28(35)32-17-15-31(16-18-32)19-20-33/h4-12,26-27,33-34H,2-3,13-22H2,1H3,(H,30,36). The molecule has 1 fully saturated rings.